The highest BCUT2D eigenvalue weighted by Crippen LogP contribution is 2.39. The number of hydrogen-bond donors (Lipinski definition) is 0. The molecule has 5 rings (SSSR count). The number of imide groups is 1. The standard InChI is InChI=1S/C31H24F3NO8/c1-16-11-17(2)13-20(12-16)41-26-25(36)22-8-6-19(15-24(22)43-27(26)31(32,33)34)42-30(39)18-5-7-21-23(14-18)29(38)35(28(21)37)9-4-10-40-3/h5-8,11-15H,4,9-10H2,1-3H3. The smallest absolute Gasteiger partial charge is 0.449 e. The summed E-state index contributed by atoms with van der Waals surface area (Å²) in [5.41, 5.74) is -0.0389. The third-order valence-electron chi connectivity index (χ3n) is 6.64. The molecule has 2 amide bonds. The Labute approximate surface area is 242 Å². The molecule has 0 atom stereocenters. The molecule has 1 aliphatic heterocycles. The number of aryl methyl sites for hydroxylation is 2. The van der Waals surface area contributed by atoms with Crippen LogP contribution in [-0.2, 0) is 10.9 Å². The lowest BCUT2D eigenvalue weighted by Gasteiger charge is -2.14. The quantitative estimate of drug-likeness (QED) is 0.104. The molecule has 0 fully saturated rings. The van der Waals surface area contributed by atoms with Gasteiger partial charge in [0.2, 0.25) is 11.2 Å². The number of rotatable bonds is 8. The Hall–Kier alpha value is -4.97. The molecular formula is C31H24F3NO8. The third-order valence-corrected chi connectivity index (χ3v) is 6.64. The maximum Gasteiger partial charge on any atom is 0.453 e. The minimum Gasteiger partial charge on any atom is -0.449 e. The first kappa shape index (κ1) is 29.5. The minimum absolute atomic E-state index is 0.0209. The average Bonchev–Trinajstić information content (AvgIpc) is 3.17. The van der Waals surface area contributed by atoms with Crippen LogP contribution in [0, 0.1) is 13.8 Å². The molecule has 1 aromatic heterocycles. The summed E-state index contributed by atoms with van der Waals surface area (Å²) in [6, 6.07) is 12.0. The molecule has 0 spiro atoms. The van der Waals surface area contributed by atoms with Crippen molar-refractivity contribution in [3.8, 4) is 17.2 Å². The average molecular weight is 596 g/mol. The number of nitrogens with zero attached hydrogens (tertiary/aromatic N) is 1. The molecule has 0 unspecified atom stereocenters. The number of esters is 1. The Balaban J connectivity index is 1.43. The van der Waals surface area contributed by atoms with Crippen LogP contribution in [0.25, 0.3) is 11.0 Å². The van der Waals surface area contributed by atoms with Gasteiger partial charge < -0.3 is 18.6 Å². The zero-order chi connectivity index (χ0) is 31.1. The number of benzene rings is 3. The van der Waals surface area contributed by atoms with E-state index in [0.717, 1.165) is 28.2 Å². The Bertz CT molecular complexity index is 1820. The normalized spacial score (nSPS) is 13.0. The molecule has 0 aliphatic carbocycles. The SMILES string of the molecule is COCCCN1C(=O)c2ccc(C(=O)Oc3ccc4c(=O)c(Oc5cc(C)cc(C)c5)c(C(F)(F)F)oc4c3)cc2C1=O. The fraction of sp³-hybridized carbons (Fsp3) is 0.226. The topological polar surface area (TPSA) is 112 Å². The summed E-state index contributed by atoms with van der Waals surface area (Å²) in [7, 11) is 1.50. The van der Waals surface area contributed by atoms with Gasteiger partial charge in [0.25, 0.3) is 17.6 Å². The van der Waals surface area contributed by atoms with Crippen molar-refractivity contribution < 1.29 is 46.2 Å². The summed E-state index contributed by atoms with van der Waals surface area (Å²) in [6.45, 7) is 3.95. The molecular weight excluding hydrogens is 571 g/mol. The van der Waals surface area contributed by atoms with Crippen LogP contribution in [-0.4, -0.2) is 42.9 Å². The van der Waals surface area contributed by atoms with Crippen LogP contribution in [0.5, 0.6) is 17.2 Å². The van der Waals surface area contributed by atoms with Gasteiger partial charge in [0.15, 0.2) is 0 Å². The zero-order valence-electron chi connectivity index (χ0n) is 23.2. The summed E-state index contributed by atoms with van der Waals surface area (Å²) < 4.78 is 62.7. The number of methoxy groups -OCH3 is 1. The molecule has 0 radical (unpaired) electrons. The van der Waals surface area contributed by atoms with Crippen LogP contribution in [0.1, 0.15) is 54.4 Å². The molecule has 0 bridgehead atoms. The first-order chi connectivity index (χ1) is 20.4. The van der Waals surface area contributed by atoms with E-state index < -0.39 is 46.5 Å². The van der Waals surface area contributed by atoms with Gasteiger partial charge in [-0.1, -0.05) is 6.07 Å². The van der Waals surface area contributed by atoms with Crippen molar-refractivity contribution in [3.05, 3.63) is 98.4 Å². The van der Waals surface area contributed by atoms with Crippen LogP contribution in [0.3, 0.4) is 0 Å². The maximum absolute atomic E-state index is 14.0. The number of hydrogen-bond acceptors (Lipinski definition) is 8. The van der Waals surface area contributed by atoms with Crippen molar-refractivity contribution >= 4 is 28.8 Å². The molecule has 222 valence electrons. The Kier molecular flexibility index (Phi) is 7.80. The highest BCUT2D eigenvalue weighted by atomic mass is 19.4. The van der Waals surface area contributed by atoms with Gasteiger partial charge in [-0.15, -0.1) is 0 Å². The van der Waals surface area contributed by atoms with Crippen molar-refractivity contribution in [2.45, 2.75) is 26.4 Å². The van der Waals surface area contributed by atoms with Gasteiger partial charge in [-0.05, 0) is 73.9 Å². The van der Waals surface area contributed by atoms with Crippen molar-refractivity contribution in [2.75, 3.05) is 20.3 Å². The van der Waals surface area contributed by atoms with Crippen molar-refractivity contribution in [2.24, 2.45) is 0 Å². The van der Waals surface area contributed by atoms with Gasteiger partial charge in [0.05, 0.1) is 22.1 Å². The van der Waals surface area contributed by atoms with E-state index in [9.17, 15) is 32.3 Å². The van der Waals surface area contributed by atoms with Gasteiger partial charge >= 0.3 is 12.1 Å². The summed E-state index contributed by atoms with van der Waals surface area (Å²) in [5.74, 6) is -4.88. The molecule has 0 N–H and O–H groups in total. The van der Waals surface area contributed by atoms with Gasteiger partial charge in [0, 0.05) is 26.3 Å². The number of carbonyl (C=O) groups excluding carboxylic acids is 3. The largest absolute Gasteiger partial charge is 0.453 e. The predicted octanol–water partition coefficient (Wildman–Crippen LogP) is 6.07. The zero-order valence-corrected chi connectivity index (χ0v) is 23.2. The van der Waals surface area contributed by atoms with E-state index in [2.05, 4.69) is 0 Å². The third kappa shape index (κ3) is 5.86. The lowest BCUT2D eigenvalue weighted by molar-refractivity contribution is -0.154. The van der Waals surface area contributed by atoms with Gasteiger partial charge in [-0.2, -0.15) is 13.2 Å². The lowest BCUT2D eigenvalue weighted by Crippen LogP contribution is -2.31. The van der Waals surface area contributed by atoms with Gasteiger partial charge in [0.1, 0.15) is 17.1 Å². The summed E-state index contributed by atoms with van der Waals surface area (Å²) in [4.78, 5) is 52.5. The van der Waals surface area contributed by atoms with E-state index >= 15 is 0 Å². The number of alkyl halides is 3. The minimum atomic E-state index is -5.08. The summed E-state index contributed by atoms with van der Waals surface area (Å²) in [5, 5.41) is -0.234. The first-order valence-electron chi connectivity index (χ1n) is 13.0. The fourth-order valence-electron chi connectivity index (χ4n) is 4.76. The second kappa shape index (κ2) is 11.4. The highest BCUT2D eigenvalue weighted by molar-refractivity contribution is 6.22. The highest BCUT2D eigenvalue weighted by Gasteiger charge is 2.41. The van der Waals surface area contributed by atoms with Crippen LogP contribution in [0.15, 0.2) is 63.8 Å². The van der Waals surface area contributed by atoms with Crippen LogP contribution in [0.2, 0.25) is 0 Å². The van der Waals surface area contributed by atoms with E-state index in [0.29, 0.717) is 13.0 Å². The number of fused-ring (bicyclic) bond motifs is 2. The number of ether oxygens (including phenoxy) is 3. The van der Waals surface area contributed by atoms with Crippen LogP contribution < -0.4 is 14.9 Å². The van der Waals surface area contributed by atoms with E-state index in [1.807, 2.05) is 0 Å². The Morgan fingerprint density at radius 2 is 1.58 bits per heavy atom. The second-order valence-electron chi connectivity index (χ2n) is 9.93. The van der Waals surface area contributed by atoms with Crippen molar-refractivity contribution in [3.63, 3.8) is 0 Å². The van der Waals surface area contributed by atoms with E-state index in [1.165, 1.54) is 43.5 Å². The van der Waals surface area contributed by atoms with E-state index in [1.54, 1.807) is 19.9 Å². The fourth-order valence-corrected chi connectivity index (χ4v) is 4.76. The summed E-state index contributed by atoms with van der Waals surface area (Å²) in [6.07, 6.45) is -4.65. The molecule has 0 saturated heterocycles. The molecule has 2 heterocycles. The Morgan fingerprint density at radius 3 is 2.26 bits per heavy atom. The molecule has 9 nitrogen and oxygen atoms in total. The van der Waals surface area contributed by atoms with Gasteiger partial charge in [-0.25, -0.2) is 4.79 Å². The number of amides is 2. The molecule has 4 aromatic rings. The number of carbonyl (C=O) groups is 3. The first-order valence-corrected chi connectivity index (χ1v) is 13.0. The van der Waals surface area contributed by atoms with E-state index in [-0.39, 0.29) is 40.1 Å². The van der Waals surface area contributed by atoms with Crippen LogP contribution in [0.4, 0.5) is 13.2 Å². The predicted molar refractivity (Wildman–Crippen MR) is 147 cm³/mol. The molecule has 1 aliphatic rings. The summed E-state index contributed by atoms with van der Waals surface area (Å²) >= 11 is 0. The van der Waals surface area contributed by atoms with E-state index in [4.69, 9.17) is 18.6 Å². The van der Waals surface area contributed by atoms with Crippen molar-refractivity contribution in [1.82, 2.24) is 4.90 Å². The molecule has 43 heavy (non-hydrogen) atoms. The van der Waals surface area contributed by atoms with Crippen LogP contribution >= 0.6 is 0 Å². The Morgan fingerprint density at radius 1 is 0.884 bits per heavy atom. The van der Waals surface area contributed by atoms with Gasteiger partial charge in [-0.3, -0.25) is 19.3 Å². The lowest BCUT2D eigenvalue weighted by atomic mass is 10.1. The monoisotopic (exact) mass is 595 g/mol. The number of halogens is 3. The molecule has 0 saturated carbocycles. The maximum atomic E-state index is 14.0. The second-order valence-corrected chi connectivity index (χ2v) is 9.93. The van der Waals surface area contributed by atoms with Crippen molar-refractivity contribution in [1.29, 1.82) is 0 Å². The molecule has 12 heteroatoms. The molecule has 3 aromatic carbocycles.